The van der Waals surface area contributed by atoms with Crippen LogP contribution < -0.4 is 10.6 Å². The fourth-order valence-corrected chi connectivity index (χ4v) is 3.22. The largest absolute Gasteiger partial charge is 0.369 e. The molecule has 2 nitrogen and oxygen atoms in total. The van der Waals surface area contributed by atoms with Gasteiger partial charge in [-0.15, -0.1) is 11.3 Å². The van der Waals surface area contributed by atoms with Crippen molar-refractivity contribution in [3.63, 3.8) is 0 Å². The summed E-state index contributed by atoms with van der Waals surface area (Å²) < 4.78 is 1.18. The summed E-state index contributed by atoms with van der Waals surface area (Å²) in [5, 5.41) is 0. The molecule has 0 amide bonds. The SMILES string of the molecule is CN(Cc1ccc(Br)s1)c1cccc(CN)c1. The summed E-state index contributed by atoms with van der Waals surface area (Å²) in [7, 11) is 2.10. The third-order valence-electron chi connectivity index (χ3n) is 2.61. The molecule has 90 valence electrons. The second-order valence-corrected chi connectivity index (χ2v) is 6.48. The second-order valence-electron chi connectivity index (χ2n) is 3.94. The maximum absolute atomic E-state index is 5.65. The van der Waals surface area contributed by atoms with Crippen LogP contribution in [-0.4, -0.2) is 7.05 Å². The zero-order valence-electron chi connectivity index (χ0n) is 9.69. The predicted molar refractivity (Wildman–Crippen MR) is 78.5 cm³/mol. The standard InChI is InChI=1S/C13H15BrN2S/c1-16(9-12-5-6-13(14)17-12)11-4-2-3-10(7-11)8-15/h2-7H,8-9,15H2,1H3. The van der Waals surface area contributed by atoms with Crippen molar-refractivity contribution in [2.45, 2.75) is 13.1 Å². The van der Waals surface area contributed by atoms with Crippen LogP contribution in [0.1, 0.15) is 10.4 Å². The molecule has 0 aliphatic rings. The highest BCUT2D eigenvalue weighted by Crippen LogP contribution is 2.25. The number of halogens is 1. The predicted octanol–water partition coefficient (Wildman–Crippen LogP) is 3.61. The highest BCUT2D eigenvalue weighted by molar-refractivity contribution is 9.11. The van der Waals surface area contributed by atoms with Crippen molar-refractivity contribution in [2.24, 2.45) is 5.73 Å². The Kier molecular flexibility index (Phi) is 4.20. The molecule has 0 radical (unpaired) electrons. The maximum Gasteiger partial charge on any atom is 0.0702 e. The van der Waals surface area contributed by atoms with Gasteiger partial charge in [-0.3, -0.25) is 0 Å². The number of hydrogen-bond acceptors (Lipinski definition) is 3. The van der Waals surface area contributed by atoms with Gasteiger partial charge in [-0.25, -0.2) is 0 Å². The molecular weight excluding hydrogens is 296 g/mol. The van der Waals surface area contributed by atoms with Gasteiger partial charge in [0.15, 0.2) is 0 Å². The van der Waals surface area contributed by atoms with Crippen molar-refractivity contribution in [1.29, 1.82) is 0 Å². The highest BCUT2D eigenvalue weighted by atomic mass is 79.9. The van der Waals surface area contributed by atoms with Gasteiger partial charge in [0.1, 0.15) is 0 Å². The van der Waals surface area contributed by atoms with Crippen molar-refractivity contribution in [1.82, 2.24) is 0 Å². The molecule has 0 fully saturated rings. The quantitative estimate of drug-likeness (QED) is 0.935. The van der Waals surface area contributed by atoms with Crippen LogP contribution in [0.15, 0.2) is 40.2 Å². The first-order chi connectivity index (χ1) is 8.19. The van der Waals surface area contributed by atoms with Gasteiger partial charge in [-0.1, -0.05) is 12.1 Å². The Bertz CT molecular complexity index is 496. The lowest BCUT2D eigenvalue weighted by molar-refractivity contribution is 0.935. The minimum absolute atomic E-state index is 0.590. The molecule has 2 N–H and O–H groups in total. The lowest BCUT2D eigenvalue weighted by atomic mass is 10.2. The molecule has 0 aliphatic heterocycles. The number of nitrogens with two attached hydrogens (primary N) is 1. The van der Waals surface area contributed by atoms with Gasteiger partial charge in [-0.05, 0) is 45.8 Å². The molecule has 2 rings (SSSR count). The van der Waals surface area contributed by atoms with Crippen LogP contribution in [0.3, 0.4) is 0 Å². The van der Waals surface area contributed by atoms with Gasteiger partial charge < -0.3 is 10.6 Å². The average molecular weight is 311 g/mol. The molecule has 1 aromatic carbocycles. The Labute approximate surface area is 114 Å². The summed E-state index contributed by atoms with van der Waals surface area (Å²) in [5.74, 6) is 0. The average Bonchev–Trinajstić information content (AvgIpc) is 2.75. The van der Waals surface area contributed by atoms with Crippen molar-refractivity contribution in [3.8, 4) is 0 Å². The van der Waals surface area contributed by atoms with E-state index in [4.69, 9.17) is 5.73 Å². The van der Waals surface area contributed by atoms with Gasteiger partial charge in [0.05, 0.1) is 10.3 Å². The van der Waals surface area contributed by atoms with Crippen LogP contribution in [0.5, 0.6) is 0 Å². The zero-order chi connectivity index (χ0) is 12.3. The zero-order valence-corrected chi connectivity index (χ0v) is 12.1. The highest BCUT2D eigenvalue weighted by Gasteiger charge is 2.04. The van der Waals surface area contributed by atoms with Crippen LogP contribution in [0.25, 0.3) is 0 Å². The minimum atomic E-state index is 0.590. The van der Waals surface area contributed by atoms with E-state index < -0.39 is 0 Å². The van der Waals surface area contributed by atoms with Crippen LogP contribution in [-0.2, 0) is 13.1 Å². The molecule has 1 aromatic heterocycles. The first-order valence-corrected chi connectivity index (χ1v) is 7.04. The first-order valence-electron chi connectivity index (χ1n) is 5.43. The molecule has 0 unspecified atom stereocenters. The van der Waals surface area contributed by atoms with Crippen LogP contribution in [0, 0.1) is 0 Å². The van der Waals surface area contributed by atoms with Crippen LogP contribution in [0.2, 0.25) is 0 Å². The molecule has 0 atom stereocenters. The summed E-state index contributed by atoms with van der Waals surface area (Å²) in [6.07, 6.45) is 0. The molecular formula is C13H15BrN2S. The summed E-state index contributed by atoms with van der Waals surface area (Å²) in [5.41, 5.74) is 8.03. The Morgan fingerprint density at radius 1 is 1.29 bits per heavy atom. The number of rotatable bonds is 4. The van der Waals surface area contributed by atoms with E-state index in [1.807, 2.05) is 0 Å². The lowest BCUT2D eigenvalue weighted by Gasteiger charge is -2.19. The Balaban J connectivity index is 2.11. The maximum atomic E-state index is 5.65. The fraction of sp³-hybridized carbons (Fsp3) is 0.231. The lowest BCUT2D eigenvalue weighted by Crippen LogP contribution is -2.15. The summed E-state index contributed by atoms with van der Waals surface area (Å²) >= 11 is 5.26. The van der Waals surface area contributed by atoms with E-state index in [-0.39, 0.29) is 0 Å². The van der Waals surface area contributed by atoms with Gasteiger partial charge in [0.2, 0.25) is 0 Å². The smallest absolute Gasteiger partial charge is 0.0702 e. The summed E-state index contributed by atoms with van der Waals surface area (Å²) in [6, 6.07) is 12.6. The Morgan fingerprint density at radius 3 is 2.76 bits per heavy atom. The molecule has 0 saturated heterocycles. The molecule has 0 bridgehead atoms. The van der Waals surface area contributed by atoms with E-state index in [0.717, 1.165) is 6.54 Å². The molecule has 0 spiro atoms. The molecule has 2 aromatic rings. The van der Waals surface area contributed by atoms with E-state index in [2.05, 4.69) is 64.3 Å². The second kappa shape index (κ2) is 5.67. The molecule has 0 saturated carbocycles. The van der Waals surface area contributed by atoms with Crippen molar-refractivity contribution in [3.05, 3.63) is 50.6 Å². The van der Waals surface area contributed by atoms with E-state index in [0.29, 0.717) is 6.54 Å². The number of anilines is 1. The first kappa shape index (κ1) is 12.6. The van der Waals surface area contributed by atoms with Crippen LogP contribution in [0.4, 0.5) is 5.69 Å². The van der Waals surface area contributed by atoms with E-state index in [1.165, 1.54) is 19.9 Å². The molecule has 0 aliphatic carbocycles. The Hall–Kier alpha value is -0.840. The topological polar surface area (TPSA) is 29.3 Å². The van der Waals surface area contributed by atoms with Crippen molar-refractivity contribution in [2.75, 3.05) is 11.9 Å². The molecule has 4 heteroatoms. The van der Waals surface area contributed by atoms with Gasteiger partial charge >= 0.3 is 0 Å². The molecule has 1 heterocycles. The normalized spacial score (nSPS) is 10.5. The van der Waals surface area contributed by atoms with E-state index >= 15 is 0 Å². The van der Waals surface area contributed by atoms with Gasteiger partial charge in [-0.2, -0.15) is 0 Å². The van der Waals surface area contributed by atoms with Gasteiger partial charge in [0.25, 0.3) is 0 Å². The molecule has 17 heavy (non-hydrogen) atoms. The number of hydrogen-bond donors (Lipinski definition) is 1. The van der Waals surface area contributed by atoms with Gasteiger partial charge in [0, 0.05) is 24.2 Å². The van der Waals surface area contributed by atoms with E-state index in [1.54, 1.807) is 11.3 Å². The third kappa shape index (κ3) is 3.31. The minimum Gasteiger partial charge on any atom is -0.369 e. The monoisotopic (exact) mass is 310 g/mol. The Morgan fingerprint density at radius 2 is 2.12 bits per heavy atom. The fourth-order valence-electron chi connectivity index (χ4n) is 1.68. The van der Waals surface area contributed by atoms with E-state index in [9.17, 15) is 0 Å². The summed E-state index contributed by atoms with van der Waals surface area (Å²) in [6.45, 7) is 1.51. The number of thiophene rings is 1. The van der Waals surface area contributed by atoms with Crippen molar-refractivity contribution >= 4 is 33.0 Å². The van der Waals surface area contributed by atoms with Crippen LogP contribution >= 0.6 is 27.3 Å². The van der Waals surface area contributed by atoms with Crippen molar-refractivity contribution < 1.29 is 0 Å². The number of benzene rings is 1. The summed E-state index contributed by atoms with van der Waals surface area (Å²) in [4.78, 5) is 3.58. The third-order valence-corrected chi connectivity index (χ3v) is 4.22. The number of nitrogens with zero attached hydrogens (tertiary/aromatic N) is 1.